The second kappa shape index (κ2) is 6.89. The molecular formula is C14H10ClFN4O2. The smallest absolute Gasteiger partial charge is 0.313 e. The summed E-state index contributed by atoms with van der Waals surface area (Å²) in [5.74, 6) is -2.85. The summed E-state index contributed by atoms with van der Waals surface area (Å²) in [5, 5.41) is 13.0. The van der Waals surface area contributed by atoms with Gasteiger partial charge in [-0.15, -0.1) is 0 Å². The van der Waals surface area contributed by atoms with E-state index in [1.54, 1.807) is 24.3 Å². The van der Waals surface area contributed by atoms with Crippen molar-refractivity contribution in [1.29, 1.82) is 0 Å². The SMILES string of the molecule is [N-]=[N+]=N[C@H](C(=O)O)[C@H](c1cncc(F)c1)c1cccc(Cl)c1. The molecule has 1 aromatic heterocycles. The van der Waals surface area contributed by atoms with Crippen molar-refractivity contribution in [2.45, 2.75) is 12.0 Å². The van der Waals surface area contributed by atoms with E-state index in [0.717, 1.165) is 12.3 Å². The number of carboxylic acids is 1. The van der Waals surface area contributed by atoms with Crippen molar-refractivity contribution in [1.82, 2.24) is 4.98 Å². The highest BCUT2D eigenvalue weighted by atomic mass is 35.5. The van der Waals surface area contributed by atoms with E-state index in [0.29, 0.717) is 10.6 Å². The Hall–Kier alpha value is -2.63. The first-order chi connectivity index (χ1) is 10.5. The average molecular weight is 321 g/mol. The van der Waals surface area contributed by atoms with Crippen molar-refractivity contribution < 1.29 is 14.3 Å². The molecule has 22 heavy (non-hydrogen) atoms. The van der Waals surface area contributed by atoms with Crippen LogP contribution < -0.4 is 0 Å². The highest BCUT2D eigenvalue weighted by molar-refractivity contribution is 6.30. The minimum Gasteiger partial charge on any atom is -0.481 e. The zero-order chi connectivity index (χ0) is 16.1. The normalized spacial score (nSPS) is 13.0. The molecule has 2 rings (SSSR count). The zero-order valence-corrected chi connectivity index (χ0v) is 11.9. The first-order valence-corrected chi connectivity index (χ1v) is 6.53. The number of halogens is 2. The number of aliphatic carboxylic acids is 1. The van der Waals surface area contributed by atoms with E-state index in [1.807, 2.05) is 0 Å². The van der Waals surface area contributed by atoms with Crippen molar-refractivity contribution >= 4 is 17.6 Å². The molecule has 6 nitrogen and oxygen atoms in total. The molecule has 0 amide bonds. The second-order valence-corrected chi connectivity index (χ2v) is 4.89. The largest absolute Gasteiger partial charge is 0.481 e. The van der Waals surface area contributed by atoms with E-state index in [1.165, 1.54) is 6.20 Å². The molecule has 1 aromatic carbocycles. The van der Waals surface area contributed by atoms with Gasteiger partial charge in [0, 0.05) is 22.0 Å². The first-order valence-electron chi connectivity index (χ1n) is 6.16. The van der Waals surface area contributed by atoms with E-state index in [2.05, 4.69) is 15.0 Å². The topological polar surface area (TPSA) is 99.0 Å². The van der Waals surface area contributed by atoms with Crippen LogP contribution in [0.2, 0.25) is 5.02 Å². The Morgan fingerprint density at radius 3 is 2.73 bits per heavy atom. The van der Waals surface area contributed by atoms with Crippen LogP contribution in [0, 0.1) is 5.82 Å². The lowest BCUT2D eigenvalue weighted by molar-refractivity contribution is -0.138. The lowest BCUT2D eigenvalue weighted by Gasteiger charge is -2.21. The Labute approximate surface area is 129 Å². The number of rotatable bonds is 5. The molecule has 0 aliphatic heterocycles. The van der Waals surface area contributed by atoms with Gasteiger partial charge in [0.15, 0.2) is 0 Å². The molecule has 0 fully saturated rings. The second-order valence-electron chi connectivity index (χ2n) is 4.46. The summed E-state index contributed by atoms with van der Waals surface area (Å²) in [6.45, 7) is 0. The van der Waals surface area contributed by atoms with Gasteiger partial charge in [0.1, 0.15) is 11.9 Å². The first kappa shape index (κ1) is 15.8. The summed E-state index contributed by atoms with van der Waals surface area (Å²) in [7, 11) is 0. The number of pyridine rings is 1. The van der Waals surface area contributed by atoms with Crippen LogP contribution in [-0.2, 0) is 4.79 Å². The van der Waals surface area contributed by atoms with Gasteiger partial charge < -0.3 is 5.11 Å². The van der Waals surface area contributed by atoms with Gasteiger partial charge in [-0.3, -0.25) is 9.78 Å². The molecule has 0 saturated heterocycles. The molecule has 0 spiro atoms. The van der Waals surface area contributed by atoms with Crippen LogP contribution in [0.1, 0.15) is 17.0 Å². The van der Waals surface area contributed by atoms with E-state index in [-0.39, 0.29) is 5.56 Å². The molecule has 0 unspecified atom stereocenters. The molecule has 112 valence electrons. The summed E-state index contributed by atoms with van der Waals surface area (Å²) < 4.78 is 13.4. The van der Waals surface area contributed by atoms with Gasteiger partial charge in [0.2, 0.25) is 0 Å². The van der Waals surface area contributed by atoms with Crippen molar-refractivity contribution in [3.8, 4) is 0 Å². The molecule has 1 heterocycles. The number of nitrogens with zero attached hydrogens (tertiary/aromatic N) is 4. The number of aromatic nitrogens is 1. The highest BCUT2D eigenvalue weighted by Gasteiger charge is 2.30. The molecule has 2 atom stereocenters. The fourth-order valence-electron chi connectivity index (χ4n) is 2.17. The van der Waals surface area contributed by atoms with Crippen LogP contribution >= 0.6 is 11.6 Å². The Kier molecular flexibility index (Phi) is 4.93. The molecule has 1 N–H and O–H groups in total. The highest BCUT2D eigenvalue weighted by Crippen LogP contribution is 2.31. The molecule has 2 aromatic rings. The number of carbonyl (C=O) groups is 1. The van der Waals surface area contributed by atoms with Gasteiger partial charge in [-0.1, -0.05) is 28.8 Å². The fraction of sp³-hybridized carbons (Fsp3) is 0.143. The van der Waals surface area contributed by atoms with E-state index >= 15 is 0 Å². The lowest BCUT2D eigenvalue weighted by Crippen LogP contribution is -2.27. The summed E-state index contributed by atoms with van der Waals surface area (Å²) >= 11 is 5.93. The van der Waals surface area contributed by atoms with Crippen LogP contribution in [-0.4, -0.2) is 22.1 Å². The Balaban J connectivity index is 2.63. The van der Waals surface area contributed by atoms with Gasteiger partial charge in [-0.2, -0.15) is 0 Å². The Morgan fingerprint density at radius 2 is 2.14 bits per heavy atom. The van der Waals surface area contributed by atoms with Crippen LogP contribution in [0.5, 0.6) is 0 Å². The van der Waals surface area contributed by atoms with Gasteiger partial charge in [0.25, 0.3) is 0 Å². The molecule has 0 radical (unpaired) electrons. The Morgan fingerprint density at radius 1 is 1.36 bits per heavy atom. The van der Waals surface area contributed by atoms with E-state index in [4.69, 9.17) is 17.1 Å². The number of carboxylic acid groups (broad SMARTS) is 1. The number of hydrogen-bond donors (Lipinski definition) is 1. The van der Waals surface area contributed by atoms with Crippen LogP contribution in [0.25, 0.3) is 10.4 Å². The predicted molar refractivity (Wildman–Crippen MR) is 78.1 cm³/mol. The third kappa shape index (κ3) is 3.52. The van der Waals surface area contributed by atoms with Gasteiger partial charge in [0.05, 0.1) is 6.20 Å². The van der Waals surface area contributed by atoms with Crippen molar-refractivity contribution in [3.05, 3.63) is 75.1 Å². The van der Waals surface area contributed by atoms with Gasteiger partial charge in [-0.05, 0) is 34.9 Å². The number of azide groups is 1. The summed E-state index contributed by atoms with van der Waals surface area (Å²) in [5.41, 5.74) is 9.38. The third-order valence-electron chi connectivity index (χ3n) is 3.04. The molecular weight excluding hydrogens is 311 g/mol. The van der Waals surface area contributed by atoms with E-state index in [9.17, 15) is 14.3 Å². The van der Waals surface area contributed by atoms with Crippen LogP contribution in [0.4, 0.5) is 4.39 Å². The number of hydrogen-bond acceptors (Lipinski definition) is 3. The minimum atomic E-state index is -1.45. The fourth-order valence-corrected chi connectivity index (χ4v) is 2.37. The van der Waals surface area contributed by atoms with Crippen molar-refractivity contribution in [3.63, 3.8) is 0 Å². The minimum absolute atomic E-state index is 0.280. The molecule has 8 heteroatoms. The van der Waals surface area contributed by atoms with Crippen LogP contribution in [0.3, 0.4) is 0 Å². The quantitative estimate of drug-likeness (QED) is 0.515. The maximum absolute atomic E-state index is 13.4. The predicted octanol–water partition coefficient (Wildman–Crippen LogP) is 3.77. The average Bonchev–Trinajstić information content (AvgIpc) is 2.47. The zero-order valence-electron chi connectivity index (χ0n) is 11.1. The molecule has 0 saturated carbocycles. The monoisotopic (exact) mass is 320 g/mol. The molecule has 0 bridgehead atoms. The third-order valence-corrected chi connectivity index (χ3v) is 3.27. The number of benzene rings is 1. The van der Waals surface area contributed by atoms with Crippen LogP contribution in [0.15, 0.2) is 47.8 Å². The maximum atomic E-state index is 13.4. The summed E-state index contributed by atoms with van der Waals surface area (Å²) in [6, 6.07) is 6.12. The standard InChI is InChI=1S/C14H10ClFN4O2/c15-10-3-1-2-8(4-10)12(13(14(21)22)19-20-17)9-5-11(16)7-18-6-9/h1-7,12-13H,(H,21,22)/t12-,13-/m0/s1. The summed E-state index contributed by atoms with van der Waals surface area (Å²) in [6.07, 6.45) is 2.33. The lowest BCUT2D eigenvalue weighted by atomic mass is 9.86. The van der Waals surface area contributed by atoms with Gasteiger partial charge in [-0.25, -0.2) is 4.39 Å². The maximum Gasteiger partial charge on any atom is 0.313 e. The van der Waals surface area contributed by atoms with Crippen molar-refractivity contribution in [2.75, 3.05) is 0 Å². The molecule has 0 aliphatic rings. The summed E-state index contributed by atoms with van der Waals surface area (Å²) in [4.78, 5) is 17.7. The van der Waals surface area contributed by atoms with Gasteiger partial charge >= 0.3 is 5.97 Å². The molecule has 0 aliphatic carbocycles. The Bertz CT molecular complexity index is 702. The van der Waals surface area contributed by atoms with Crippen molar-refractivity contribution in [2.24, 2.45) is 5.11 Å². The van der Waals surface area contributed by atoms with E-state index < -0.39 is 23.7 Å².